The number of hydrogen-bond donors (Lipinski definition) is 1. The van der Waals surface area contributed by atoms with E-state index in [4.69, 9.17) is 0 Å². The summed E-state index contributed by atoms with van der Waals surface area (Å²) in [6.07, 6.45) is 3.77. The molecule has 1 N–H and O–H groups in total. The largest absolute Gasteiger partial charge is 0.395 e. The summed E-state index contributed by atoms with van der Waals surface area (Å²) in [5.41, 5.74) is 0. The number of likely N-dealkylation sites (N-methyl/N-ethyl adjacent to an activating group) is 1. The van der Waals surface area contributed by atoms with E-state index < -0.39 is 0 Å². The Balaban J connectivity index is 1.69. The van der Waals surface area contributed by atoms with Gasteiger partial charge in [0, 0.05) is 45.3 Å². The highest BCUT2D eigenvalue weighted by molar-refractivity contribution is 4.78. The lowest BCUT2D eigenvalue weighted by Crippen LogP contribution is -2.49. The fourth-order valence-corrected chi connectivity index (χ4v) is 2.90. The van der Waals surface area contributed by atoms with Crippen LogP contribution in [0, 0.1) is 0 Å². The lowest BCUT2D eigenvalue weighted by atomic mass is 10.0. The molecular formula is C13H27N3O. The molecule has 2 heterocycles. The first kappa shape index (κ1) is 13.3. The van der Waals surface area contributed by atoms with Crippen molar-refractivity contribution >= 4 is 0 Å². The fraction of sp³-hybridized carbons (Fsp3) is 1.00. The van der Waals surface area contributed by atoms with Gasteiger partial charge in [-0.25, -0.2) is 0 Å². The van der Waals surface area contributed by atoms with E-state index >= 15 is 0 Å². The van der Waals surface area contributed by atoms with Gasteiger partial charge < -0.3 is 10.0 Å². The monoisotopic (exact) mass is 241 g/mol. The first-order valence-electron chi connectivity index (χ1n) is 7.05. The smallest absolute Gasteiger partial charge is 0.0586 e. The van der Waals surface area contributed by atoms with E-state index in [1.807, 2.05) is 0 Å². The zero-order chi connectivity index (χ0) is 12.1. The van der Waals surface area contributed by atoms with Crippen molar-refractivity contribution in [1.82, 2.24) is 14.7 Å². The Morgan fingerprint density at radius 2 is 1.76 bits per heavy atom. The SMILES string of the molecule is CN1CCN(CCN2CCCCC2CO)CC1. The Kier molecular flexibility index (Phi) is 5.22. The second-order valence-corrected chi connectivity index (χ2v) is 5.51. The van der Waals surface area contributed by atoms with E-state index in [1.54, 1.807) is 0 Å². The van der Waals surface area contributed by atoms with Crippen LogP contribution in [0.4, 0.5) is 0 Å². The lowest BCUT2D eigenvalue weighted by Gasteiger charge is -2.38. The molecule has 0 spiro atoms. The Hall–Kier alpha value is -0.160. The maximum atomic E-state index is 9.37. The molecule has 0 bridgehead atoms. The third-order valence-corrected chi connectivity index (χ3v) is 4.26. The van der Waals surface area contributed by atoms with Gasteiger partial charge in [0.15, 0.2) is 0 Å². The highest BCUT2D eigenvalue weighted by Gasteiger charge is 2.22. The highest BCUT2D eigenvalue weighted by atomic mass is 16.3. The van der Waals surface area contributed by atoms with Crippen molar-refractivity contribution in [3.8, 4) is 0 Å². The van der Waals surface area contributed by atoms with Crippen LogP contribution >= 0.6 is 0 Å². The summed E-state index contributed by atoms with van der Waals surface area (Å²) in [6.45, 7) is 8.62. The minimum atomic E-state index is 0.336. The molecule has 0 aromatic rings. The average Bonchev–Trinajstić information content (AvgIpc) is 2.38. The van der Waals surface area contributed by atoms with E-state index in [-0.39, 0.29) is 0 Å². The molecular weight excluding hydrogens is 214 g/mol. The molecule has 17 heavy (non-hydrogen) atoms. The van der Waals surface area contributed by atoms with Gasteiger partial charge in [-0.3, -0.25) is 9.80 Å². The van der Waals surface area contributed by atoms with Crippen LogP contribution < -0.4 is 0 Å². The van der Waals surface area contributed by atoms with Crippen molar-refractivity contribution < 1.29 is 5.11 Å². The van der Waals surface area contributed by atoms with Crippen LogP contribution in [0.5, 0.6) is 0 Å². The first-order valence-corrected chi connectivity index (χ1v) is 7.05. The van der Waals surface area contributed by atoms with Crippen molar-refractivity contribution in [3.63, 3.8) is 0 Å². The second kappa shape index (κ2) is 6.69. The van der Waals surface area contributed by atoms with Gasteiger partial charge in [-0.1, -0.05) is 6.42 Å². The number of piperidine rings is 1. The Bertz CT molecular complexity index is 217. The molecule has 2 aliphatic rings. The normalized spacial score (nSPS) is 29.6. The van der Waals surface area contributed by atoms with Crippen LogP contribution in [0.1, 0.15) is 19.3 Å². The Morgan fingerprint density at radius 3 is 2.47 bits per heavy atom. The molecule has 2 fully saturated rings. The van der Waals surface area contributed by atoms with Gasteiger partial charge in [-0.15, -0.1) is 0 Å². The molecule has 0 saturated carbocycles. The number of hydrogen-bond acceptors (Lipinski definition) is 4. The zero-order valence-electron chi connectivity index (χ0n) is 11.1. The van der Waals surface area contributed by atoms with Crippen molar-refractivity contribution in [2.75, 3.05) is 59.5 Å². The standard InChI is InChI=1S/C13H27N3O/c1-14-6-8-15(9-7-14)10-11-16-5-3-2-4-13(16)12-17/h13,17H,2-12H2,1H3. The zero-order valence-corrected chi connectivity index (χ0v) is 11.1. The van der Waals surface area contributed by atoms with Gasteiger partial charge in [0.25, 0.3) is 0 Å². The minimum Gasteiger partial charge on any atom is -0.395 e. The number of rotatable bonds is 4. The summed E-state index contributed by atoms with van der Waals surface area (Å²) in [4.78, 5) is 7.44. The molecule has 0 radical (unpaired) electrons. The summed E-state index contributed by atoms with van der Waals surface area (Å²) < 4.78 is 0. The average molecular weight is 241 g/mol. The van der Waals surface area contributed by atoms with Gasteiger partial charge in [0.2, 0.25) is 0 Å². The molecule has 0 aromatic heterocycles. The van der Waals surface area contributed by atoms with Gasteiger partial charge in [0.05, 0.1) is 6.61 Å². The van der Waals surface area contributed by atoms with Gasteiger partial charge in [0.1, 0.15) is 0 Å². The molecule has 1 unspecified atom stereocenters. The van der Waals surface area contributed by atoms with Crippen LogP contribution in [0.15, 0.2) is 0 Å². The summed E-state index contributed by atoms with van der Waals surface area (Å²) in [7, 11) is 2.20. The van der Waals surface area contributed by atoms with Gasteiger partial charge >= 0.3 is 0 Å². The van der Waals surface area contributed by atoms with E-state index in [9.17, 15) is 5.11 Å². The maximum Gasteiger partial charge on any atom is 0.0586 e. The summed E-state index contributed by atoms with van der Waals surface area (Å²) in [5, 5.41) is 9.37. The molecule has 1 atom stereocenters. The van der Waals surface area contributed by atoms with Crippen LogP contribution in [-0.2, 0) is 0 Å². The highest BCUT2D eigenvalue weighted by Crippen LogP contribution is 2.16. The quantitative estimate of drug-likeness (QED) is 0.755. The topological polar surface area (TPSA) is 30.0 Å². The maximum absolute atomic E-state index is 9.37. The number of nitrogens with zero attached hydrogens (tertiary/aromatic N) is 3. The van der Waals surface area contributed by atoms with Gasteiger partial charge in [-0.05, 0) is 26.4 Å². The molecule has 0 amide bonds. The molecule has 0 aromatic carbocycles. The molecule has 4 nitrogen and oxygen atoms in total. The molecule has 2 saturated heterocycles. The minimum absolute atomic E-state index is 0.336. The fourth-order valence-electron chi connectivity index (χ4n) is 2.90. The van der Waals surface area contributed by atoms with E-state index in [2.05, 4.69) is 21.7 Å². The number of aliphatic hydroxyl groups is 1. The predicted octanol–water partition coefficient (Wildman–Crippen LogP) is 0.0806. The van der Waals surface area contributed by atoms with Crippen molar-refractivity contribution in [2.24, 2.45) is 0 Å². The second-order valence-electron chi connectivity index (χ2n) is 5.51. The van der Waals surface area contributed by atoms with E-state index in [0.29, 0.717) is 12.6 Å². The summed E-state index contributed by atoms with van der Waals surface area (Å²) >= 11 is 0. The third kappa shape index (κ3) is 3.91. The van der Waals surface area contributed by atoms with Crippen molar-refractivity contribution in [1.29, 1.82) is 0 Å². The summed E-state index contributed by atoms with van der Waals surface area (Å²) in [5.74, 6) is 0. The van der Waals surface area contributed by atoms with Crippen LogP contribution in [0.3, 0.4) is 0 Å². The Morgan fingerprint density at radius 1 is 1.00 bits per heavy atom. The molecule has 0 aliphatic carbocycles. The molecule has 2 aliphatic heterocycles. The number of aliphatic hydroxyl groups excluding tert-OH is 1. The summed E-state index contributed by atoms with van der Waals surface area (Å²) in [6, 6.07) is 0.427. The lowest BCUT2D eigenvalue weighted by molar-refractivity contribution is 0.0703. The van der Waals surface area contributed by atoms with Gasteiger partial charge in [-0.2, -0.15) is 0 Å². The molecule has 4 heteroatoms. The van der Waals surface area contributed by atoms with Crippen LogP contribution in [0.25, 0.3) is 0 Å². The Labute approximate surface area is 105 Å². The van der Waals surface area contributed by atoms with Crippen LogP contribution in [-0.4, -0.2) is 85.3 Å². The first-order chi connectivity index (χ1) is 8.29. The number of likely N-dealkylation sites (tertiary alicyclic amines) is 1. The third-order valence-electron chi connectivity index (χ3n) is 4.26. The van der Waals surface area contributed by atoms with Crippen molar-refractivity contribution in [2.45, 2.75) is 25.3 Å². The van der Waals surface area contributed by atoms with Crippen LogP contribution in [0.2, 0.25) is 0 Å². The predicted molar refractivity (Wildman–Crippen MR) is 70.2 cm³/mol. The number of piperazine rings is 1. The van der Waals surface area contributed by atoms with Crippen molar-refractivity contribution in [3.05, 3.63) is 0 Å². The molecule has 100 valence electrons. The van der Waals surface area contributed by atoms with E-state index in [0.717, 1.165) is 6.54 Å². The van der Waals surface area contributed by atoms with E-state index in [1.165, 1.54) is 58.5 Å². The molecule has 2 rings (SSSR count).